The molecule has 0 heterocycles. The summed E-state index contributed by atoms with van der Waals surface area (Å²) in [5.74, 6) is 0.537. The molecule has 0 aliphatic rings. The van der Waals surface area contributed by atoms with E-state index >= 15 is 0 Å². The van der Waals surface area contributed by atoms with E-state index in [1.807, 2.05) is 74.5 Å². The average Bonchev–Trinajstić information content (AvgIpc) is 2.76. The first kappa shape index (κ1) is 20.8. The second-order valence-corrected chi connectivity index (χ2v) is 7.03. The van der Waals surface area contributed by atoms with Crippen molar-refractivity contribution >= 4 is 12.1 Å². The lowest BCUT2D eigenvalue weighted by Crippen LogP contribution is -2.20. The molecule has 0 radical (unpaired) electrons. The van der Waals surface area contributed by atoms with E-state index in [1.54, 1.807) is 12.3 Å². The van der Waals surface area contributed by atoms with E-state index in [0.717, 1.165) is 27.8 Å². The summed E-state index contributed by atoms with van der Waals surface area (Å²) in [6.45, 7) is 4.33. The number of amides is 1. The molecule has 150 valence electrons. The first-order chi connectivity index (χ1) is 14.5. The Bertz CT molecular complexity index is 1100. The smallest absolute Gasteiger partial charge is 0.244 e. The Labute approximate surface area is 176 Å². The number of hydrogen-bond donors (Lipinski definition) is 1. The highest BCUT2D eigenvalue weighted by molar-refractivity contribution is 5.83. The van der Waals surface area contributed by atoms with Gasteiger partial charge in [-0.05, 0) is 60.9 Å². The second-order valence-electron chi connectivity index (χ2n) is 7.03. The number of hydrogen-bond acceptors (Lipinski definition) is 4. The summed E-state index contributed by atoms with van der Waals surface area (Å²) in [5, 5.41) is 13.2. The van der Waals surface area contributed by atoms with Crippen molar-refractivity contribution in [2.24, 2.45) is 5.10 Å². The predicted octanol–water partition coefficient (Wildman–Crippen LogP) is 4.45. The van der Waals surface area contributed by atoms with Gasteiger partial charge in [-0.1, -0.05) is 42.0 Å². The van der Waals surface area contributed by atoms with E-state index in [-0.39, 0.29) is 5.91 Å². The van der Waals surface area contributed by atoms with Crippen LogP contribution in [-0.4, -0.2) is 12.1 Å². The van der Waals surface area contributed by atoms with E-state index in [4.69, 9.17) is 10.00 Å². The van der Waals surface area contributed by atoms with Crippen molar-refractivity contribution < 1.29 is 9.53 Å². The van der Waals surface area contributed by atoms with Crippen molar-refractivity contribution in [1.29, 1.82) is 5.26 Å². The van der Waals surface area contributed by atoms with Crippen LogP contribution in [0.2, 0.25) is 0 Å². The van der Waals surface area contributed by atoms with Gasteiger partial charge in [-0.2, -0.15) is 10.4 Å². The van der Waals surface area contributed by atoms with Crippen LogP contribution in [-0.2, 0) is 17.8 Å². The van der Waals surface area contributed by atoms with Crippen molar-refractivity contribution in [2.75, 3.05) is 0 Å². The number of carbonyl (C=O) groups is 1. The van der Waals surface area contributed by atoms with Crippen LogP contribution in [0.5, 0.6) is 5.75 Å². The van der Waals surface area contributed by atoms with Crippen molar-refractivity contribution in [3.63, 3.8) is 0 Å². The minimum Gasteiger partial charge on any atom is -0.489 e. The quantitative estimate of drug-likeness (QED) is 0.473. The Morgan fingerprint density at radius 3 is 2.60 bits per heavy atom. The van der Waals surface area contributed by atoms with Gasteiger partial charge in [-0.3, -0.25) is 4.79 Å². The number of ether oxygens (including phenoxy) is 1. The number of nitrogens with zero attached hydrogens (tertiary/aromatic N) is 2. The minimum atomic E-state index is -0.156. The molecule has 0 aliphatic carbocycles. The summed E-state index contributed by atoms with van der Waals surface area (Å²) in [6.07, 6.45) is 1.89. The number of rotatable bonds is 7. The summed E-state index contributed by atoms with van der Waals surface area (Å²) >= 11 is 0. The molecule has 0 unspecified atom stereocenters. The third kappa shape index (κ3) is 5.79. The Kier molecular flexibility index (Phi) is 6.96. The van der Waals surface area contributed by atoms with Crippen molar-refractivity contribution in [3.8, 4) is 11.8 Å². The molecule has 0 saturated heterocycles. The molecule has 0 aromatic heterocycles. The van der Waals surface area contributed by atoms with Gasteiger partial charge in [0.1, 0.15) is 12.4 Å². The zero-order chi connectivity index (χ0) is 21.3. The van der Waals surface area contributed by atoms with E-state index in [2.05, 4.69) is 16.6 Å². The van der Waals surface area contributed by atoms with E-state index in [0.29, 0.717) is 24.3 Å². The highest BCUT2D eigenvalue weighted by Gasteiger charge is 2.05. The maximum Gasteiger partial charge on any atom is 0.244 e. The van der Waals surface area contributed by atoms with E-state index in [9.17, 15) is 4.79 Å². The molecule has 0 fully saturated rings. The highest BCUT2D eigenvalue weighted by atomic mass is 16.5. The monoisotopic (exact) mass is 397 g/mol. The number of nitriles is 1. The normalized spacial score (nSPS) is 10.6. The standard InChI is InChI=1S/C25H23N3O2/c1-18-7-8-19(2)23(13-18)14-25(29)28-27-16-20-9-11-24(12-10-20)30-17-22-6-4-3-5-21(22)15-26/h3-13,16H,14,17H2,1-2H3,(H,28,29)/b27-16+. The first-order valence-corrected chi connectivity index (χ1v) is 9.64. The zero-order valence-corrected chi connectivity index (χ0v) is 17.1. The summed E-state index contributed by atoms with van der Waals surface area (Å²) in [5.41, 5.74) is 8.08. The van der Waals surface area contributed by atoms with Crippen LogP contribution in [0.3, 0.4) is 0 Å². The molecule has 0 atom stereocenters. The fourth-order valence-electron chi connectivity index (χ4n) is 2.95. The van der Waals surface area contributed by atoms with Gasteiger partial charge in [0.15, 0.2) is 0 Å². The molecule has 3 rings (SSSR count). The number of hydrazone groups is 1. The molecule has 0 bridgehead atoms. The molecule has 1 N–H and O–H groups in total. The Morgan fingerprint density at radius 1 is 1.07 bits per heavy atom. The lowest BCUT2D eigenvalue weighted by atomic mass is 10.0. The van der Waals surface area contributed by atoms with Gasteiger partial charge in [-0.25, -0.2) is 5.43 Å². The van der Waals surface area contributed by atoms with Gasteiger partial charge < -0.3 is 4.74 Å². The van der Waals surface area contributed by atoms with Gasteiger partial charge in [-0.15, -0.1) is 0 Å². The topological polar surface area (TPSA) is 74.5 Å². The number of nitrogens with one attached hydrogen (secondary N) is 1. The lowest BCUT2D eigenvalue weighted by molar-refractivity contribution is -0.120. The number of benzene rings is 3. The Morgan fingerprint density at radius 2 is 1.83 bits per heavy atom. The second kappa shape index (κ2) is 10.0. The SMILES string of the molecule is Cc1ccc(C)c(CC(=O)N/N=C/c2ccc(OCc3ccccc3C#N)cc2)c1. The summed E-state index contributed by atoms with van der Waals surface area (Å²) in [6, 6.07) is 23.0. The summed E-state index contributed by atoms with van der Waals surface area (Å²) in [7, 11) is 0. The summed E-state index contributed by atoms with van der Waals surface area (Å²) < 4.78 is 5.75. The van der Waals surface area contributed by atoms with Crippen LogP contribution in [0.25, 0.3) is 0 Å². The Balaban J connectivity index is 1.51. The minimum absolute atomic E-state index is 0.156. The van der Waals surface area contributed by atoms with Crippen molar-refractivity contribution in [1.82, 2.24) is 5.43 Å². The maximum absolute atomic E-state index is 12.1. The first-order valence-electron chi connectivity index (χ1n) is 9.64. The largest absolute Gasteiger partial charge is 0.489 e. The molecular formula is C25H23N3O2. The Hall–Kier alpha value is -3.91. The van der Waals surface area contributed by atoms with Crippen LogP contribution >= 0.6 is 0 Å². The van der Waals surface area contributed by atoms with Crippen LogP contribution in [0.1, 0.15) is 33.4 Å². The van der Waals surface area contributed by atoms with Crippen molar-refractivity contribution in [3.05, 3.63) is 100 Å². The van der Waals surface area contributed by atoms with Crippen LogP contribution in [0, 0.1) is 25.2 Å². The van der Waals surface area contributed by atoms with Gasteiger partial charge in [0.2, 0.25) is 5.91 Å². The molecule has 1 amide bonds. The van der Waals surface area contributed by atoms with Gasteiger partial charge in [0.25, 0.3) is 0 Å². The molecule has 3 aromatic carbocycles. The molecule has 0 spiro atoms. The maximum atomic E-state index is 12.1. The summed E-state index contributed by atoms with van der Waals surface area (Å²) in [4.78, 5) is 12.1. The molecule has 5 heteroatoms. The van der Waals surface area contributed by atoms with Crippen LogP contribution in [0.4, 0.5) is 0 Å². The third-order valence-corrected chi connectivity index (χ3v) is 4.67. The van der Waals surface area contributed by atoms with Crippen molar-refractivity contribution in [2.45, 2.75) is 26.9 Å². The number of aryl methyl sites for hydroxylation is 2. The van der Waals surface area contributed by atoms with Crippen LogP contribution in [0.15, 0.2) is 71.8 Å². The fourth-order valence-corrected chi connectivity index (χ4v) is 2.95. The number of carbonyl (C=O) groups excluding carboxylic acids is 1. The molecular weight excluding hydrogens is 374 g/mol. The van der Waals surface area contributed by atoms with Crippen LogP contribution < -0.4 is 10.2 Å². The highest BCUT2D eigenvalue weighted by Crippen LogP contribution is 2.15. The molecule has 3 aromatic rings. The fraction of sp³-hybridized carbons (Fsp3) is 0.160. The third-order valence-electron chi connectivity index (χ3n) is 4.67. The molecule has 30 heavy (non-hydrogen) atoms. The van der Waals surface area contributed by atoms with Gasteiger partial charge in [0, 0.05) is 5.56 Å². The molecule has 0 saturated carbocycles. The average molecular weight is 397 g/mol. The lowest BCUT2D eigenvalue weighted by Gasteiger charge is -2.08. The van der Waals surface area contributed by atoms with E-state index < -0.39 is 0 Å². The molecule has 0 aliphatic heterocycles. The predicted molar refractivity (Wildman–Crippen MR) is 117 cm³/mol. The van der Waals surface area contributed by atoms with E-state index in [1.165, 1.54) is 0 Å². The zero-order valence-electron chi connectivity index (χ0n) is 17.1. The molecule has 5 nitrogen and oxygen atoms in total. The van der Waals surface area contributed by atoms with Gasteiger partial charge >= 0.3 is 0 Å². The van der Waals surface area contributed by atoms with Gasteiger partial charge in [0.05, 0.1) is 24.3 Å².